The molecule has 2 rings (SSSR count). The van der Waals surface area contributed by atoms with Gasteiger partial charge in [0.2, 0.25) is 0 Å². The number of hydrogen-bond donors (Lipinski definition) is 0. The zero-order valence-corrected chi connectivity index (χ0v) is 17.9. The standard InChI is InChI=1S/C22H29NO3S/c1-15(2)11-12-26-17-9-7-16(8-10-17)13-18-21(25)23(6)20(27-18)14-19(24)22(3,4)5/h7-10,13-15H,11-12H2,1-6H3/b18-13-,20-14-. The lowest BCUT2D eigenvalue weighted by Crippen LogP contribution is -2.30. The summed E-state index contributed by atoms with van der Waals surface area (Å²) in [5, 5.41) is 0. The lowest BCUT2D eigenvalue weighted by atomic mass is 9.91. The first-order chi connectivity index (χ1) is 12.6. The van der Waals surface area contributed by atoms with Gasteiger partial charge in [-0.2, -0.15) is 0 Å². The van der Waals surface area contributed by atoms with Gasteiger partial charge in [0.1, 0.15) is 10.4 Å². The van der Waals surface area contributed by atoms with Crippen molar-refractivity contribution in [2.75, 3.05) is 6.61 Å². The number of ketones is 1. The lowest BCUT2D eigenvalue weighted by molar-refractivity contribution is -0.120. The normalized spacial score (nSPS) is 13.4. The Bertz CT molecular complexity index is 957. The van der Waals surface area contributed by atoms with Gasteiger partial charge < -0.3 is 9.30 Å². The zero-order chi connectivity index (χ0) is 20.2. The lowest BCUT2D eigenvalue weighted by Gasteiger charge is -2.12. The maximum atomic E-state index is 12.5. The zero-order valence-electron chi connectivity index (χ0n) is 17.0. The fourth-order valence-corrected chi connectivity index (χ4v) is 3.29. The first-order valence-electron chi connectivity index (χ1n) is 9.24. The average molecular weight is 388 g/mol. The summed E-state index contributed by atoms with van der Waals surface area (Å²) in [6, 6.07) is 7.71. The smallest absolute Gasteiger partial charge is 0.268 e. The molecule has 27 heavy (non-hydrogen) atoms. The Morgan fingerprint density at radius 2 is 1.85 bits per heavy atom. The first-order valence-corrected chi connectivity index (χ1v) is 10.1. The molecule has 1 aromatic carbocycles. The molecule has 0 atom stereocenters. The van der Waals surface area contributed by atoms with Crippen LogP contribution in [0.25, 0.3) is 12.2 Å². The number of aromatic nitrogens is 1. The maximum absolute atomic E-state index is 12.5. The molecule has 5 heteroatoms. The minimum Gasteiger partial charge on any atom is -0.494 e. The molecule has 0 N–H and O–H groups in total. The van der Waals surface area contributed by atoms with Crippen molar-refractivity contribution < 1.29 is 9.53 Å². The van der Waals surface area contributed by atoms with Crippen LogP contribution in [0.15, 0.2) is 29.1 Å². The highest BCUT2D eigenvalue weighted by Gasteiger charge is 2.19. The molecule has 0 saturated heterocycles. The Morgan fingerprint density at radius 3 is 2.41 bits per heavy atom. The van der Waals surface area contributed by atoms with Crippen molar-refractivity contribution in [2.24, 2.45) is 18.4 Å². The molecule has 1 aromatic heterocycles. The highest BCUT2D eigenvalue weighted by Crippen LogP contribution is 2.15. The van der Waals surface area contributed by atoms with Crippen LogP contribution >= 0.6 is 11.3 Å². The minimum atomic E-state index is -0.463. The van der Waals surface area contributed by atoms with E-state index in [1.54, 1.807) is 13.1 Å². The quantitative estimate of drug-likeness (QED) is 0.765. The fourth-order valence-electron chi connectivity index (χ4n) is 2.26. The summed E-state index contributed by atoms with van der Waals surface area (Å²) in [6.07, 6.45) is 4.44. The van der Waals surface area contributed by atoms with Gasteiger partial charge in [0.05, 0.1) is 11.1 Å². The van der Waals surface area contributed by atoms with Crippen molar-refractivity contribution in [3.8, 4) is 5.75 Å². The van der Waals surface area contributed by atoms with Crippen LogP contribution in [0, 0.1) is 11.3 Å². The van der Waals surface area contributed by atoms with E-state index >= 15 is 0 Å². The van der Waals surface area contributed by atoms with Gasteiger partial charge in [-0.1, -0.05) is 46.8 Å². The molecule has 0 aliphatic heterocycles. The van der Waals surface area contributed by atoms with Crippen LogP contribution in [0.1, 0.15) is 46.6 Å². The topological polar surface area (TPSA) is 48.3 Å². The number of nitrogens with zero attached hydrogens (tertiary/aromatic N) is 1. The molecule has 0 aliphatic carbocycles. The van der Waals surface area contributed by atoms with Crippen LogP contribution in [0.2, 0.25) is 0 Å². The van der Waals surface area contributed by atoms with E-state index in [0.29, 0.717) is 21.7 Å². The van der Waals surface area contributed by atoms with Gasteiger partial charge in [0.15, 0.2) is 5.78 Å². The SMILES string of the molecule is CC(C)CCOc1ccc(/C=c2\s/c(=C\C(=O)C(C)(C)C)n(C)c2=O)cc1. The molecule has 0 fully saturated rings. The third-order valence-electron chi connectivity index (χ3n) is 4.20. The molecular weight excluding hydrogens is 358 g/mol. The molecule has 2 aromatic rings. The Morgan fingerprint density at radius 1 is 1.22 bits per heavy atom. The average Bonchev–Trinajstić information content (AvgIpc) is 2.83. The Balaban J connectivity index is 2.27. The van der Waals surface area contributed by atoms with Crippen molar-refractivity contribution in [1.82, 2.24) is 4.57 Å². The molecule has 0 spiro atoms. The third kappa shape index (κ3) is 5.93. The summed E-state index contributed by atoms with van der Waals surface area (Å²) in [7, 11) is 1.70. The van der Waals surface area contributed by atoms with E-state index in [2.05, 4.69) is 13.8 Å². The van der Waals surface area contributed by atoms with Gasteiger partial charge >= 0.3 is 0 Å². The molecule has 0 aliphatic rings. The van der Waals surface area contributed by atoms with Crippen LogP contribution in [0.3, 0.4) is 0 Å². The number of benzene rings is 1. The molecule has 0 radical (unpaired) electrons. The highest BCUT2D eigenvalue weighted by molar-refractivity contribution is 7.07. The van der Waals surface area contributed by atoms with Gasteiger partial charge in [-0.05, 0) is 36.1 Å². The number of Topliss-reactive ketones (excluding diaryl/α,β-unsaturated/α-hetero) is 1. The van der Waals surface area contributed by atoms with E-state index in [0.717, 1.165) is 17.7 Å². The molecule has 0 amide bonds. The second-order valence-corrected chi connectivity index (χ2v) is 9.23. The molecule has 4 nitrogen and oxygen atoms in total. The molecule has 1 heterocycles. The number of carbonyl (C=O) groups is 1. The predicted octanol–water partition coefficient (Wildman–Crippen LogP) is 3.10. The number of hydrogen-bond acceptors (Lipinski definition) is 4. The molecule has 0 bridgehead atoms. The first kappa shape index (κ1) is 21.2. The van der Waals surface area contributed by atoms with Crippen molar-refractivity contribution in [1.29, 1.82) is 0 Å². The van der Waals surface area contributed by atoms with E-state index < -0.39 is 5.41 Å². The van der Waals surface area contributed by atoms with Crippen molar-refractivity contribution in [3.63, 3.8) is 0 Å². The van der Waals surface area contributed by atoms with Gasteiger partial charge in [-0.25, -0.2) is 0 Å². The summed E-state index contributed by atoms with van der Waals surface area (Å²) in [5.41, 5.74) is 0.374. The third-order valence-corrected chi connectivity index (χ3v) is 5.31. The fraction of sp³-hybridized carbons (Fsp3) is 0.455. The summed E-state index contributed by atoms with van der Waals surface area (Å²) in [5.74, 6) is 1.45. The largest absolute Gasteiger partial charge is 0.494 e. The van der Waals surface area contributed by atoms with Crippen molar-refractivity contribution in [2.45, 2.75) is 41.0 Å². The van der Waals surface area contributed by atoms with E-state index in [-0.39, 0.29) is 11.3 Å². The van der Waals surface area contributed by atoms with Gasteiger partial charge in [-0.3, -0.25) is 9.59 Å². The molecular formula is C22H29NO3S. The van der Waals surface area contributed by atoms with E-state index in [1.165, 1.54) is 15.9 Å². The van der Waals surface area contributed by atoms with Crippen LogP contribution in [-0.4, -0.2) is 17.0 Å². The van der Waals surface area contributed by atoms with Gasteiger partial charge in [0.25, 0.3) is 5.56 Å². The molecule has 0 saturated carbocycles. The minimum absolute atomic E-state index is 0.00815. The second-order valence-electron chi connectivity index (χ2n) is 8.17. The van der Waals surface area contributed by atoms with Crippen LogP contribution in [0.5, 0.6) is 5.75 Å². The number of carbonyl (C=O) groups excluding carboxylic acids is 1. The monoisotopic (exact) mass is 387 g/mol. The Labute approximate surface area is 164 Å². The highest BCUT2D eigenvalue weighted by atomic mass is 32.1. The molecule has 0 unspecified atom stereocenters. The molecule has 146 valence electrons. The summed E-state index contributed by atoms with van der Waals surface area (Å²) < 4.78 is 8.53. The van der Waals surface area contributed by atoms with Crippen molar-refractivity contribution >= 4 is 29.3 Å². The summed E-state index contributed by atoms with van der Waals surface area (Å²) >= 11 is 1.33. The predicted molar refractivity (Wildman–Crippen MR) is 113 cm³/mol. The van der Waals surface area contributed by atoms with E-state index in [9.17, 15) is 9.59 Å². The Hall–Kier alpha value is -2.14. The number of thiazole rings is 1. The summed E-state index contributed by atoms with van der Waals surface area (Å²) in [4.78, 5) is 24.7. The van der Waals surface area contributed by atoms with Crippen LogP contribution in [-0.2, 0) is 11.8 Å². The van der Waals surface area contributed by atoms with Gasteiger partial charge in [0, 0.05) is 18.5 Å². The van der Waals surface area contributed by atoms with Crippen LogP contribution in [0.4, 0.5) is 0 Å². The second kappa shape index (κ2) is 8.70. The van der Waals surface area contributed by atoms with Crippen molar-refractivity contribution in [3.05, 3.63) is 49.4 Å². The summed E-state index contributed by atoms with van der Waals surface area (Å²) in [6.45, 7) is 10.7. The maximum Gasteiger partial charge on any atom is 0.268 e. The van der Waals surface area contributed by atoms with Gasteiger partial charge in [-0.15, -0.1) is 11.3 Å². The van der Waals surface area contributed by atoms with E-state index in [4.69, 9.17) is 4.74 Å². The van der Waals surface area contributed by atoms with Crippen LogP contribution < -0.4 is 19.5 Å². The number of rotatable bonds is 6. The van der Waals surface area contributed by atoms with E-state index in [1.807, 2.05) is 51.1 Å². The Kier molecular flexibility index (Phi) is 6.82. The number of ether oxygens (including phenoxy) is 1.